The van der Waals surface area contributed by atoms with E-state index in [0.717, 1.165) is 31.1 Å². The Morgan fingerprint density at radius 2 is 2.29 bits per heavy atom. The van der Waals surface area contributed by atoms with E-state index in [9.17, 15) is 9.18 Å². The molecular weight excluding hydrogens is 271 g/mol. The predicted molar refractivity (Wildman–Crippen MR) is 80.4 cm³/mol. The maximum atomic E-state index is 13.4. The number of benzene rings is 1. The third kappa shape index (κ3) is 4.37. The zero-order chi connectivity index (χ0) is 15.4. The summed E-state index contributed by atoms with van der Waals surface area (Å²) in [6, 6.07) is 5.09. The lowest BCUT2D eigenvalue weighted by Crippen LogP contribution is -2.31. The lowest BCUT2D eigenvalue weighted by molar-refractivity contribution is -0.131. The molecule has 0 aromatic heterocycles. The summed E-state index contributed by atoms with van der Waals surface area (Å²) in [6.07, 6.45) is 3.62. The summed E-state index contributed by atoms with van der Waals surface area (Å²) >= 11 is 0. The van der Waals surface area contributed by atoms with E-state index < -0.39 is 5.97 Å². The van der Waals surface area contributed by atoms with Gasteiger partial charge in [-0.2, -0.15) is 0 Å². The van der Waals surface area contributed by atoms with Gasteiger partial charge in [0.2, 0.25) is 0 Å². The normalized spacial score (nSPS) is 19.7. The van der Waals surface area contributed by atoms with Crippen molar-refractivity contribution in [3.63, 3.8) is 0 Å². The van der Waals surface area contributed by atoms with Crippen LogP contribution in [0, 0.1) is 5.82 Å². The van der Waals surface area contributed by atoms with Gasteiger partial charge in [-0.05, 0) is 49.9 Å². The van der Waals surface area contributed by atoms with Gasteiger partial charge in [0.05, 0.1) is 0 Å². The second-order valence-electron chi connectivity index (χ2n) is 5.66. The molecule has 1 heterocycles. The first-order chi connectivity index (χ1) is 9.95. The van der Waals surface area contributed by atoms with Crippen molar-refractivity contribution in [3.8, 4) is 0 Å². The summed E-state index contributed by atoms with van der Waals surface area (Å²) in [7, 11) is 4.15. The number of aliphatic carboxylic acids is 1. The van der Waals surface area contributed by atoms with Gasteiger partial charge in [0.1, 0.15) is 5.82 Å². The van der Waals surface area contributed by atoms with E-state index in [1.807, 2.05) is 0 Å². The fraction of sp³-hybridized carbons (Fsp3) is 0.438. The lowest BCUT2D eigenvalue weighted by atomic mass is 10.1. The summed E-state index contributed by atoms with van der Waals surface area (Å²) in [5, 5.41) is 8.72. The first-order valence-corrected chi connectivity index (χ1v) is 7.04. The van der Waals surface area contributed by atoms with E-state index in [0.29, 0.717) is 18.2 Å². The van der Waals surface area contributed by atoms with Crippen molar-refractivity contribution in [2.45, 2.75) is 19.0 Å². The number of halogens is 1. The van der Waals surface area contributed by atoms with Crippen LogP contribution in [0.2, 0.25) is 0 Å². The Labute approximate surface area is 124 Å². The standard InChI is InChI=1S/C16H21FN2O2/c1-18(2)15-7-8-19(11-15)10-13-3-5-14(17)9-12(13)4-6-16(20)21/h3-6,9,15H,7-8,10-11H2,1-2H3,(H,20,21). The topological polar surface area (TPSA) is 43.8 Å². The number of hydrogen-bond acceptors (Lipinski definition) is 3. The summed E-state index contributed by atoms with van der Waals surface area (Å²) in [6.45, 7) is 2.69. The highest BCUT2D eigenvalue weighted by Crippen LogP contribution is 2.20. The molecule has 1 aliphatic heterocycles. The van der Waals surface area contributed by atoms with Gasteiger partial charge in [-0.1, -0.05) is 6.07 Å². The van der Waals surface area contributed by atoms with Crippen molar-refractivity contribution >= 4 is 12.0 Å². The summed E-state index contributed by atoms with van der Waals surface area (Å²) < 4.78 is 13.4. The number of carbonyl (C=O) groups is 1. The minimum absolute atomic E-state index is 0.351. The molecule has 1 atom stereocenters. The molecule has 1 fully saturated rings. The third-order valence-electron chi connectivity index (χ3n) is 3.89. The van der Waals surface area contributed by atoms with E-state index >= 15 is 0 Å². The molecule has 114 valence electrons. The van der Waals surface area contributed by atoms with E-state index in [4.69, 9.17) is 5.11 Å². The number of hydrogen-bond donors (Lipinski definition) is 1. The Morgan fingerprint density at radius 1 is 1.52 bits per heavy atom. The molecule has 21 heavy (non-hydrogen) atoms. The zero-order valence-electron chi connectivity index (χ0n) is 12.4. The number of rotatable bonds is 5. The number of carboxylic acids is 1. The van der Waals surface area contributed by atoms with Crippen molar-refractivity contribution in [1.29, 1.82) is 0 Å². The Balaban J connectivity index is 2.11. The first-order valence-electron chi connectivity index (χ1n) is 7.04. The quantitative estimate of drug-likeness (QED) is 0.844. The Hall–Kier alpha value is -1.72. The Bertz CT molecular complexity index is 543. The number of carboxylic acid groups (broad SMARTS) is 1. The lowest BCUT2D eigenvalue weighted by Gasteiger charge is -2.21. The number of likely N-dealkylation sites (N-methyl/N-ethyl adjacent to an activating group) is 1. The molecule has 1 N–H and O–H groups in total. The highest BCUT2D eigenvalue weighted by atomic mass is 19.1. The smallest absolute Gasteiger partial charge is 0.328 e. The van der Waals surface area contributed by atoms with Gasteiger partial charge in [0, 0.05) is 31.8 Å². The molecule has 0 radical (unpaired) electrons. The number of likely N-dealkylation sites (tertiary alicyclic amines) is 1. The van der Waals surface area contributed by atoms with Crippen molar-refractivity contribution < 1.29 is 14.3 Å². The fourth-order valence-electron chi connectivity index (χ4n) is 2.64. The molecule has 2 rings (SSSR count). The molecule has 0 aliphatic carbocycles. The van der Waals surface area contributed by atoms with E-state index in [1.165, 1.54) is 18.2 Å². The third-order valence-corrected chi connectivity index (χ3v) is 3.89. The van der Waals surface area contributed by atoms with Crippen LogP contribution in [-0.2, 0) is 11.3 Å². The van der Waals surface area contributed by atoms with Gasteiger partial charge in [-0.25, -0.2) is 9.18 Å². The second kappa shape index (κ2) is 6.83. The average Bonchev–Trinajstić information content (AvgIpc) is 2.87. The SMILES string of the molecule is CN(C)C1CCN(Cc2ccc(F)cc2C=CC(=O)O)C1. The van der Waals surface area contributed by atoms with Gasteiger partial charge >= 0.3 is 5.97 Å². The zero-order valence-corrected chi connectivity index (χ0v) is 12.4. The molecule has 1 unspecified atom stereocenters. The van der Waals surface area contributed by atoms with Crippen LogP contribution < -0.4 is 0 Å². The molecule has 5 heteroatoms. The van der Waals surface area contributed by atoms with Crippen LogP contribution >= 0.6 is 0 Å². The molecule has 1 aliphatic rings. The van der Waals surface area contributed by atoms with E-state index in [1.54, 1.807) is 6.07 Å². The molecule has 4 nitrogen and oxygen atoms in total. The summed E-state index contributed by atoms with van der Waals surface area (Å²) in [5.41, 5.74) is 1.58. The van der Waals surface area contributed by atoms with E-state index in [-0.39, 0.29) is 5.82 Å². The van der Waals surface area contributed by atoms with Gasteiger partial charge in [0.25, 0.3) is 0 Å². The molecule has 1 saturated heterocycles. The van der Waals surface area contributed by atoms with Crippen molar-refractivity contribution in [2.75, 3.05) is 27.2 Å². The van der Waals surface area contributed by atoms with Crippen LogP contribution in [0.1, 0.15) is 17.5 Å². The molecule has 1 aromatic rings. The van der Waals surface area contributed by atoms with Gasteiger partial charge in [-0.15, -0.1) is 0 Å². The van der Waals surface area contributed by atoms with Crippen LogP contribution in [-0.4, -0.2) is 54.1 Å². The van der Waals surface area contributed by atoms with E-state index in [2.05, 4.69) is 23.9 Å². The van der Waals surface area contributed by atoms with Crippen LogP contribution in [0.15, 0.2) is 24.3 Å². The first kappa shape index (κ1) is 15.7. The van der Waals surface area contributed by atoms with Gasteiger partial charge < -0.3 is 10.0 Å². The summed E-state index contributed by atoms with van der Waals surface area (Å²) in [5.74, 6) is -1.38. The largest absolute Gasteiger partial charge is 0.478 e. The Morgan fingerprint density at radius 3 is 2.90 bits per heavy atom. The van der Waals surface area contributed by atoms with Gasteiger partial charge in [0.15, 0.2) is 0 Å². The Kier molecular flexibility index (Phi) is 5.09. The molecule has 0 amide bonds. The van der Waals surface area contributed by atoms with Crippen LogP contribution in [0.3, 0.4) is 0 Å². The van der Waals surface area contributed by atoms with Crippen LogP contribution in [0.5, 0.6) is 0 Å². The van der Waals surface area contributed by atoms with Gasteiger partial charge in [-0.3, -0.25) is 4.90 Å². The molecular formula is C16H21FN2O2. The fourth-order valence-corrected chi connectivity index (χ4v) is 2.64. The maximum Gasteiger partial charge on any atom is 0.328 e. The highest BCUT2D eigenvalue weighted by molar-refractivity contribution is 5.85. The molecule has 0 saturated carbocycles. The summed E-state index contributed by atoms with van der Waals surface area (Å²) in [4.78, 5) is 15.2. The second-order valence-corrected chi connectivity index (χ2v) is 5.66. The highest BCUT2D eigenvalue weighted by Gasteiger charge is 2.24. The van der Waals surface area contributed by atoms with Crippen LogP contribution in [0.4, 0.5) is 4.39 Å². The number of nitrogens with zero attached hydrogens (tertiary/aromatic N) is 2. The van der Waals surface area contributed by atoms with Crippen LogP contribution in [0.25, 0.3) is 6.08 Å². The monoisotopic (exact) mass is 292 g/mol. The minimum Gasteiger partial charge on any atom is -0.478 e. The van der Waals surface area contributed by atoms with Crippen molar-refractivity contribution in [1.82, 2.24) is 9.80 Å². The maximum absolute atomic E-state index is 13.4. The van der Waals surface area contributed by atoms with Crippen molar-refractivity contribution in [2.24, 2.45) is 0 Å². The molecule has 0 bridgehead atoms. The molecule has 0 spiro atoms. The predicted octanol–water partition coefficient (Wildman–Crippen LogP) is 2.06. The molecule has 1 aromatic carbocycles. The minimum atomic E-state index is -1.03. The average molecular weight is 292 g/mol. The van der Waals surface area contributed by atoms with Crippen molar-refractivity contribution in [3.05, 3.63) is 41.2 Å².